The van der Waals surface area contributed by atoms with E-state index in [0.29, 0.717) is 5.92 Å². The third-order valence-corrected chi connectivity index (χ3v) is 3.88. The fourth-order valence-electron chi connectivity index (χ4n) is 2.55. The van der Waals surface area contributed by atoms with Gasteiger partial charge in [-0.1, -0.05) is 41.4 Å². The maximum atomic E-state index is 10.6. The Bertz CT molecular complexity index is 333. The third-order valence-electron chi connectivity index (χ3n) is 3.35. The quantitative estimate of drug-likeness (QED) is 0.821. The summed E-state index contributed by atoms with van der Waals surface area (Å²) in [4.78, 5) is 0. The van der Waals surface area contributed by atoms with Crippen LogP contribution in [-0.4, -0.2) is 5.11 Å². The molecule has 1 aliphatic rings. The lowest BCUT2D eigenvalue weighted by atomic mass is 9.75. The predicted molar refractivity (Wildman–Crippen MR) is 65.7 cm³/mol. The molecule has 0 saturated heterocycles. The number of hydrogen-bond acceptors (Lipinski definition) is 1. The molecule has 1 aliphatic carbocycles. The smallest absolute Gasteiger partial charge is 0.0899 e. The van der Waals surface area contributed by atoms with E-state index < -0.39 is 5.60 Å². The minimum atomic E-state index is -0.585. The molecule has 82 valence electrons. The standard InChI is InChI=1S/C13H17BrO/c1-10-3-2-8-13(15,9-10)11-4-6-12(14)7-5-11/h4-7,10,15H,2-3,8-9H2,1H3/t10-,13-/m1/s1. The van der Waals surface area contributed by atoms with Crippen LogP contribution in [-0.2, 0) is 5.60 Å². The largest absolute Gasteiger partial charge is 0.385 e. The van der Waals surface area contributed by atoms with E-state index in [1.54, 1.807) is 0 Å². The highest BCUT2D eigenvalue weighted by Crippen LogP contribution is 2.39. The highest BCUT2D eigenvalue weighted by molar-refractivity contribution is 9.10. The lowest BCUT2D eigenvalue weighted by molar-refractivity contribution is -0.0178. The zero-order valence-corrected chi connectivity index (χ0v) is 10.6. The van der Waals surface area contributed by atoms with E-state index in [1.807, 2.05) is 24.3 Å². The van der Waals surface area contributed by atoms with E-state index in [9.17, 15) is 5.11 Å². The second kappa shape index (κ2) is 4.26. The molecule has 1 aromatic carbocycles. The number of hydrogen-bond donors (Lipinski definition) is 1. The van der Waals surface area contributed by atoms with Gasteiger partial charge >= 0.3 is 0 Å². The molecule has 1 saturated carbocycles. The summed E-state index contributed by atoms with van der Waals surface area (Å²) < 4.78 is 1.07. The lowest BCUT2D eigenvalue weighted by Gasteiger charge is -2.36. The monoisotopic (exact) mass is 268 g/mol. The van der Waals surface area contributed by atoms with Crippen LogP contribution in [0.25, 0.3) is 0 Å². The molecule has 2 rings (SSSR count). The minimum Gasteiger partial charge on any atom is -0.385 e. The van der Waals surface area contributed by atoms with E-state index in [4.69, 9.17) is 0 Å². The number of aliphatic hydroxyl groups is 1. The molecular weight excluding hydrogens is 252 g/mol. The van der Waals surface area contributed by atoms with Crippen molar-refractivity contribution in [3.05, 3.63) is 34.3 Å². The molecule has 15 heavy (non-hydrogen) atoms. The summed E-state index contributed by atoms with van der Waals surface area (Å²) in [5, 5.41) is 10.6. The van der Waals surface area contributed by atoms with Crippen molar-refractivity contribution in [2.45, 2.75) is 38.2 Å². The van der Waals surface area contributed by atoms with E-state index in [0.717, 1.165) is 29.3 Å². The molecule has 0 heterocycles. The predicted octanol–water partition coefficient (Wildman–Crippen LogP) is 3.85. The van der Waals surface area contributed by atoms with Gasteiger partial charge < -0.3 is 5.11 Å². The molecule has 1 aromatic rings. The lowest BCUT2D eigenvalue weighted by Crippen LogP contribution is -2.31. The van der Waals surface area contributed by atoms with Crippen LogP contribution in [0, 0.1) is 5.92 Å². The molecule has 1 nitrogen and oxygen atoms in total. The summed E-state index contributed by atoms with van der Waals surface area (Å²) >= 11 is 3.42. The van der Waals surface area contributed by atoms with Crippen molar-refractivity contribution in [2.75, 3.05) is 0 Å². The molecule has 0 bridgehead atoms. The van der Waals surface area contributed by atoms with Crippen LogP contribution in [0.4, 0.5) is 0 Å². The summed E-state index contributed by atoms with van der Waals surface area (Å²) in [7, 11) is 0. The molecule has 0 unspecified atom stereocenters. The first-order valence-electron chi connectivity index (χ1n) is 5.58. The number of benzene rings is 1. The second-order valence-corrected chi connectivity index (χ2v) is 5.66. The first-order chi connectivity index (χ1) is 7.10. The van der Waals surface area contributed by atoms with E-state index in [-0.39, 0.29) is 0 Å². The zero-order valence-electron chi connectivity index (χ0n) is 9.04. The van der Waals surface area contributed by atoms with Gasteiger partial charge in [-0.25, -0.2) is 0 Å². The fraction of sp³-hybridized carbons (Fsp3) is 0.538. The molecular formula is C13H17BrO. The Morgan fingerprint density at radius 3 is 2.60 bits per heavy atom. The summed E-state index contributed by atoms with van der Waals surface area (Å²) in [6, 6.07) is 8.07. The Hall–Kier alpha value is -0.340. The maximum Gasteiger partial charge on any atom is 0.0899 e. The van der Waals surface area contributed by atoms with E-state index >= 15 is 0 Å². The van der Waals surface area contributed by atoms with Gasteiger partial charge in [-0.05, 0) is 42.9 Å². The highest BCUT2D eigenvalue weighted by atomic mass is 79.9. The Labute approximate surface area is 99.6 Å². The summed E-state index contributed by atoms with van der Waals surface area (Å²) in [6.07, 6.45) is 4.18. The normalized spacial score (nSPS) is 31.5. The Balaban J connectivity index is 2.24. The van der Waals surface area contributed by atoms with Crippen LogP contribution in [0.5, 0.6) is 0 Å². The summed E-state index contributed by atoms with van der Waals surface area (Å²) in [6.45, 7) is 2.23. The van der Waals surface area contributed by atoms with Crippen molar-refractivity contribution < 1.29 is 5.11 Å². The van der Waals surface area contributed by atoms with Gasteiger partial charge in [0, 0.05) is 4.47 Å². The van der Waals surface area contributed by atoms with Crippen LogP contribution in [0.2, 0.25) is 0 Å². The van der Waals surface area contributed by atoms with Gasteiger partial charge in [0.05, 0.1) is 5.60 Å². The summed E-state index contributed by atoms with van der Waals surface area (Å²) in [5.74, 6) is 0.632. The van der Waals surface area contributed by atoms with E-state index in [2.05, 4.69) is 22.9 Å². The average Bonchev–Trinajstić information content (AvgIpc) is 2.18. The van der Waals surface area contributed by atoms with Crippen molar-refractivity contribution in [3.8, 4) is 0 Å². The molecule has 0 radical (unpaired) electrons. The molecule has 1 N–H and O–H groups in total. The molecule has 2 heteroatoms. The molecule has 0 spiro atoms. The topological polar surface area (TPSA) is 20.2 Å². The van der Waals surface area contributed by atoms with Crippen LogP contribution in [0.3, 0.4) is 0 Å². The molecule has 1 fully saturated rings. The van der Waals surface area contributed by atoms with Crippen molar-refractivity contribution in [2.24, 2.45) is 5.92 Å². The first-order valence-corrected chi connectivity index (χ1v) is 6.38. The van der Waals surface area contributed by atoms with Crippen molar-refractivity contribution >= 4 is 15.9 Å². The highest BCUT2D eigenvalue weighted by Gasteiger charge is 2.33. The van der Waals surface area contributed by atoms with Crippen LogP contribution in [0.15, 0.2) is 28.7 Å². The molecule has 0 aromatic heterocycles. The van der Waals surface area contributed by atoms with Gasteiger partial charge in [0.1, 0.15) is 0 Å². The zero-order chi connectivity index (χ0) is 10.9. The molecule has 0 aliphatic heterocycles. The Morgan fingerprint density at radius 2 is 2.00 bits per heavy atom. The minimum absolute atomic E-state index is 0.585. The van der Waals surface area contributed by atoms with E-state index in [1.165, 1.54) is 6.42 Å². The van der Waals surface area contributed by atoms with Crippen LogP contribution >= 0.6 is 15.9 Å². The van der Waals surface area contributed by atoms with Gasteiger partial charge in [0.2, 0.25) is 0 Å². The SMILES string of the molecule is C[C@@H]1CCC[C@](O)(c2ccc(Br)cc2)C1. The second-order valence-electron chi connectivity index (χ2n) is 4.74. The number of rotatable bonds is 1. The average molecular weight is 269 g/mol. The van der Waals surface area contributed by atoms with Crippen molar-refractivity contribution in [3.63, 3.8) is 0 Å². The first kappa shape index (κ1) is 11.2. The van der Waals surface area contributed by atoms with Crippen LogP contribution < -0.4 is 0 Å². The Morgan fingerprint density at radius 1 is 1.33 bits per heavy atom. The van der Waals surface area contributed by atoms with Crippen molar-refractivity contribution in [1.29, 1.82) is 0 Å². The van der Waals surface area contributed by atoms with Gasteiger partial charge in [-0.15, -0.1) is 0 Å². The van der Waals surface area contributed by atoms with Crippen molar-refractivity contribution in [1.82, 2.24) is 0 Å². The maximum absolute atomic E-state index is 10.6. The fourth-order valence-corrected chi connectivity index (χ4v) is 2.81. The third kappa shape index (κ3) is 2.43. The summed E-state index contributed by atoms with van der Waals surface area (Å²) in [5.41, 5.74) is 0.482. The van der Waals surface area contributed by atoms with Gasteiger partial charge in [-0.3, -0.25) is 0 Å². The molecule has 0 amide bonds. The van der Waals surface area contributed by atoms with Gasteiger partial charge in [-0.2, -0.15) is 0 Å². The van der Waals surface area contributed by atoms with Gasteiger partial charge in [0.15, 0.2) is 0 Å². The van der Waals surface area contributed by atoms with Gasteiger partial charge in [0.25, 0.3) is 0 Å². The van der Waals surface area contributed by atoms with Crippen LogP contribution in [0.1, 0.15) is 38.2 Å². The number of halogens is 1. The Kier molecular flexibility index (Phi) is 3.17. The molecule has 2 atom stereocenters.